The number of hydrogen-bond acceptors (Lipinski definition) is 3. The molecule has 32 heavy (non-hydrogen) atoms. The fraction of sp³-hybridized carbons (Fsp3) is 0.724. The molecule has 1 aromatic rings. The number of aromatic hydroxyl groups is 2. The highest BCUT2D eigenvalue weighted by Crippen LogP contribution is 2.75. The Morgan fingerprint density at radius 1 is 0.938 bits per heavy atom. The molecule has 5 rings (SSSR count). The van der Waals surface area contributed by atoms with Crippen LogP contribution >= 0.6 is 0 Å². The zero-order valence-corrected chi connectivity index (χ0v) is 21.0. The molecule has 0 spiro atoms. The molecule has 3 saturated carbocycles. The predicted molar refractivity (Wildman–Crippen MR) is 132 cm³/mol. The predicted octanol–water partition coefficient (Wildman–Crippen LogP) is 6.68. The Morgan fingerprint density at radius 2 is 1.59 bits per heavy atom. The lowest BCUT2D eigenvalue weighted by molar-refractivity contribution is -0.198. The maximum absolute atomic E-state index is 10.5. The van der Waals surface area contributed by atoms with Crippen molar-refractivity contribution in [2.45, 2.75) is 91.9 Å². The third-order valence-electron chi connectivity index (χ3n) is 11.8. The monoisotopic (exact) mass is 437 g/mol. The van der Waals surface area contributed by atoms with Crippen molar-refractivity contribution in [2.24, 2.45) is 39.2 Å². The average molecular weight is 438 g/mol. The van der Waals surface area contributed by atoms with Crippen molar-refractivity contribution in [1.29, 1.82) is 0 Å². The van der Waals surface area contributed by atoms with E-state index in [4.69, 9.17) is 5.73 Å². The van der Waals surface area contributed by atoms with E-state index in [0.29, 0.717) is 17.3 Å². The van der Waals surface area contributed by atoms with Crippen LogP contribution in [0, 0.1) is 40.4 Å². The molecular formula is C29H43NO2. The van der Waals surface area contributed by atoms with Crippen LogP contribution in [-0.4, -0.2) is 16.8 Å². The van der Waals surface area contributed by atoms with Gasteiger partial charge < -0.3 is 15.9 Å². The normalized spacial score (nSPS) is 47.2. The van der Waals surface area contributed by atoms with Gasteiger partial charge in [-0.2, -0.15) is 0 Å². The summed E-state index contributed by atoms with van der Waals surface area (Å²) in [7, 11) is 0. The first-order chi connectivity index (χ1) is 14.8. The van der Waals surface area contributed by atoms with Crippen molar-refractivity contribution in [3.63, 3.8) is 0 Å². The van der Waals surface area contributed by atoms with Gasteiger partial charge in [-0.25, -0.2) is 0 Å². The molecule has 4 aliphatic carbocycles. The largest absolute Gasteiger partial charge is 0.504 e. The van der Waals surface area contributed by atoms with E-state index in [-0.39, 0.29) is 33.2 Å². The van der Waals surface area contributed by atoms with Crippen LogP contribution < -0.4 is 5.73 Å². The van der Waals surface area contributed by atoms with E-state index in [2.05, 4.69) is 46.8 Å². The van der Waals surface area contributed by atoms with E-state index < -0.39 is 0 Å². The van der Waals surface area contributed by atoms with Gasteiger partial charge in [0, 0.05) is 11.0 Å². The van der Waals surface area contributed by atoms with Crippen molar-refractivity contribution >= 4 is 6.08 Å². The molecule has 0 radical (unpaired) electrons. The first kappa shape index (κ1) is 22.3. The van der Waals surface area contributed by atoms with Crippen LogP contribution in [0.1, 0.15) is 96.3 Å². The SMILES string of the molecule is Cc1c(O)c(O)cc2c1C=CC1[C@@]2(C)CC[C@@]2(C)[C@@H]3C[C@](C)(CN)CC[C@]3(C)CC[C@]12C. The number of fused-ring (bicyclic) bond motifs is 7. The molecular weight excluding hydrogens is 394 g/mol. The zero-order chi connectivity index (χ0) is 23.3. The number of benzene rings is 1. The summed E-state index contributed by atoms with van der Waals surface area (Å²) in [6, 6.07) is 1.86. The second-order valence-corrected chi connectivity index (χ2v) is 13.3. The van der Waals surface area contributed by atoms with Gasteiger partial charge in [0.05, 0.1) is 0 Å². The molecule has 0 aromatic heterocycles. The van der Waals surface area contributed by atoms with Gasteiger partial charge in [-0.05, 0) is 109 Å². The third-order valence-corrected chi connectivity index (χ3v) is 11.8. The van der Waals surface area contributed by atoms with Gasteiger partial charge in [0.1, 0.15) is 0 Å². The lowest BCUT2D eigenvalue weighted by atomic mass is 9.33. The van der Waals surface area contributed by atoms with Crippen LogP contribution in [-0.2, 0) is 5.41 Å². The molecule has 3 fully saturated rings. The lowest BCUT2D eigenvalue weighted by Crippen LogP contribution is -2.64. The quantitative estimate of drug-likeness (QED) is 0.429. The second-order valence-electron chi connectivity index (χ2n) is 13.3. The minimum atomic E-state index is -0.0200. The topological polar surface area (TPSA) is 66.5 Å². The molecule has 3 nitrogen and oxygen atoms in total. The molecule has 1 unspecified atom stereocenters. The maximum atomic E-state index is 10.5. The number of rotatable bonds is 1. The molecule has 3 heteroatoms. The minimum Gasteiger partial charge on any atom is -0.504 e. The average Bonchev–Trinajstić information content (AvgIpc) is 2.76. The fourth-order valence-corrected chi connectivity index (χ4v) is 9.07. The Balaban J connectivity index is 1.62. The number of hydrogen-bond donors (Lipinski definition) is 3. The number of nitrogens with two attached hydrogens (primary N) is 1. The standard InChI is InChI=1S/C29H43NO2/c1-18-19-7-8-22-27(4,20(19)15-21(31)24(18)32)12-14-29(6)23-16-25(2,17-30)9-10-26(23,3)11-13-28(22,29)5/h7-8,15,22-23,31-32H,9-14,16-17,30H2,1-6H3/t22?,23-,25-,26-,27+,28-,29+/m1/s1. The van der Waals surface area contributed by atoms with Gasteiger partial charge in [0.15, 0.2) is 11.5 Å². The highest BCUT2D eigenvalue weighted by Gasteiger charge is 2.67. The van der Waals surface area contributed by atoms with Gasteiger partial charge in [-0.3, -0.25) is 0 Å². The molecule has 4 N–H and O–H groups in total. The smallest absolute Gasteiger partial charge is 0.161 e. The Bertz CT molecular complexity index is 999. The summed E-state index contributed by atoms with van der Waals surface area (Å²) in [6.45, 7) is 15.3. The number of phenolic OH excluding ortho intramolecular Hbond substituents is 2. The van der Waals surface area contributed by atoms with E-state index in [1.54, 1.807) is 0 Å². The molecule has 0 bridgehead atoms. The van der Waals surface area contributed by atoms with Crippen LogP contribution in [0.3, 0.4) is 0 Å². The van der Waals surface area contributed by atoms with Crippen molar-refractivity contribution in [1.82, 2.24) is 0 Å². The highest BCUT2D eigenvalue weighted by molar-refractivity contribution is 5.69. The molecule has 0 amide bonds. The van der Waals surface area contributed by atoms with Gasteiger partial charge in [0.2, 0.25) is 0 Å². The van der Waals surface area contributed by atoms with Crippen LogP contribution in [0.15, 0.2) is 12.1 Å². The molecule has 0 heterocycles. The van der Waals surface area contributed by atoms with Gasteiger partial charge in [-0.15, -0.1) is 0 Å². The molecule has 176 valence electrons. The zero-order valence-electron chi connectivity index (χ0n) is 21.0. The molecule has 7 atom stereocenters. The first-order valence-corrected chi connectivity index (χ1v) is 12.8. The van der Waals surface area contributed by atoms with Crippen LogP contribution in [0.25, 0.3) is 6.08 Å². The van der Waals surface area contributed by atoms with Gasteiger partial charge >= 0.3 is 0 Å². The number of allylic oxidation sites excluding steroid dienone is 1. The van der Waals surface area contributed by atoms with Crippen LogP contribution in [0.2, 0.25) is 0 Å². The summed E-state index contributed by atoms with van der Waals surface area (Å²) in [4.78, 5) is 0. The first-order valence-electron chi connectivity index (χ1n) is 12.8. The van der Waals surface area contributed by atoms with Crippen molar-refractivity contribution in [2.75, 3.05) is 6.54 Å². The van der Waals surface area contributed by atoms with Crippen molar-refractivity contribution in [3.05, 3.63) is 28.8 Å². The Labute approximate surface area is 194 Å². The van der Waals surface area contributed by atoms with E-state index in [0.717, 1.165) is 24.1 Å². The molecule has 0 saturated heterocycles. The van der Waals surface area contributed by atoms with E-state index in [1.165, 1.54) is 44.1 Å². The fourth-order valence-electron chi connectivity index (χ4n) is 9.07. The molecule has 1 aromatic carbocycles. The Kier molecular flexibility index (Phi) is 4.57. The summed E-state index contributed by atoms with van der Waals surface area (Å²) in [5.41, 5.74) is 10.6. The maximum Gasteiger partial charge on any atom is 0.161 e. The van der Waals surface area contributed by atoms with Gasteiger partial charge in [-0.1, -0.05) is 46.8 Å². The minimum absolute atomic E-state index is 0.0200. The van der Waals surface area contributed by atoms with Crippen LogP contribution in [0.4, 0.5) is 0 Å². The Hall–Kier alpha value is -1.48. The number of phenols is 2. The van der Waals surface area contributed by atoms with Crippen molar-refractivity contribution < 1.29 is 10.2 Å². The summed E-state index contributed by atoms with van der Waals surface area (Å²) in [5, 5.41) is 20.9. The summed E-state index contributed by atoms with van der Waals surface area (Å²) < 4.78 is 0. The molecule has 4 aliphatic rings. The van der Waals surface area contributed by atoms with E-state index in [1.807, 2.05) is 13.0 Å². The summed E-state index contributed by atoms with van der Waals surface area (Å²) in [6.07, 6.45) is 13.4. The second kappa shape index (κ2) is 6.56. The summed E-state index contributed by atoms with van der Waals surface area (Å²) in [5.74, 6) is 1.18. The van der Waals surface area contributed by atoms with E-state index >= 15 is 0 Å². The van der Waals surface area contributed by atoms with E-state index in [9.17, 15) is 10.2 Å². The van der Waals surface area contributed by atoms with Crippen molar-refractivity contribution in [3.8, 4) is 11.5 Å². The third kappa shape index (κ3) is 2.58. The van der Waals surface area contributed by atoms with Gasteiger partial charge in [0.25, 0.3) is 0 Å². The molecule has 0 aliphatic heterocycles. The summed E-state index contributed by atoms with van der Waals surface area (Å²) >= 11 is 0. The Morgan fingerprint density at radius 3 is 2.28 bits per heavy atom. The highest BCUT2D eigenvalue weighted by atomic mass is 16.3. The lowest BCUT2D eigenvalue weighted by Gasteiger charge is -2.71. The van der Waals surface area contributed by atoms with Crippen LogP contribution in [0.5, 0.6) is 11.5 Å².